The van der Waals surface area contributed by atoms with Crippen molar-refractivity contribution >= 4 is 27.4 Å². The first-order valence-electron chi connectivity index (χ1n) is 5.68. The maximum atomic E-state index is 9.96. The van der Waals surface area contributed by atoms with Gasteiger partial charge in [-0.05, 0) is 31.2 Å². The Balaban J connectivity index is 2.25. The molecule has 0 amide bonds. The van der Waals surface area contributed by atoms with Gasteiger partial charge in [-0.3, -0.25) is 0 Å². The van der Waals surface area contributed by atoms with Crippen molar-refractivity contribution in [3.63, 3.8) is 0 Å². The highest BCUT2D eigenvalue weighted by Gasteiger charge is 2.18. The molecule has 0 aliphatic rings. The molecule has 17 heavy (non-hydrogen) atoms. The molecule has 0 spiro atoms. The SMILES string of the molecule is CCC(C)(O)CNc1ncnc2c(C)csc12. The number of aliphatic hydroxyl groups is 1. The van der Waals surface area contributed by atoms with Crippen LogP contribution >= 0.6 is 11.3 Å². The summed E-state index contributed by atoms with van der Waals surface area (Å²) in [5, 5.41) is 15.2. The molecule has 2 aromatic heterocycles. The summed E-state index contributed by atoms with van der Waals surface area (Å²) in [6, 6.07) is 0. The number of nitrogens with zero attached hydrogens (tertiary/aromatic N) is 2. The van der Waals surface area contributed by atoms with Gasteiger partial charge < -0.3 is 10.4 Å². The van der Waals surface area contributed by atoms with E-state index in [0.717, 1.165) is 21.6 Å². The Kier molecular flexibility index (Phi) is 3.31. The molecule has 0 saturated heterocycles. The molecule has 2 heterocycles. The fourth-order valence-electron chi connectivity index (χ4n) is 1.49. The van der Waals surface area contributed by atoms with Crippen LogP contribution < -0.4 is 5.32 Å². The molecule has 0 saturated carbocycles. The number of aromatic nitrogens is 2. The molecular weight excluding hydrogens is 234 g/mol. The van der Waals surface area contributed by atoms with Crippen LogP contribution in [0, 0.1) is 6.92 Å². The van der Waals surface area contributed by atoms with Crippen molar-refractivity contribution in [1.82, 2.24) is 9.97 Å². The summed E-state index contributed by atoms with van der Waals surface area (Å²) in [6.45, 7) is 6.31. The Morgan fingerprint density at radius 3 is 2.94 bits per heavy atom. The van der Waals surface area contributed by atoms with Crippen LogP contribution in [0.4, 0.5) is 5.82 Å². The van der Waals surface area contributed by atoms with E-state index in [-0.39, 0.29) is 0 Å². The topological polar surface area (TPSA) is 58.0 Å². The molecule has 2 aromatic rings. The summed E-state index contributed by atoms with van der Waals surface area (Å²) < 4.78 is 1.05. The zero-order valence-electron chi connectivity index (χ0n) is 10.3. The molecule has 5 heteroatoms. The molecule has 0 aliphatic carbocycles. The first-order valence-corrected chi connectivity index (χ1v) is 6.56. The van der Waals surface area contributed by atoms with Gasteiger partial charge in [0.05, 0.1) is 15.8 Å². The summed E-state index contributed by atoms with van der Waals surface area (Å²) in [5.41, 5.74) is 1.45. The number of anilines is 1. The van der Waals surface area contributed by atoms with E-state index in [2.05, 4.69) is 20.7 Å². The van der Waals surface area contributed by atoms with E-state index in [1.165, 1.54) is 0 Å². The van der Waals surface area contributed by atoms with E-state index in [0.29, 0.717) is 13.0 Å². The van der Waals surface area contributed by atoms with Gasteiger partial charge in [-0.2, -0.15) is 0 Å². The van der Waals surface area contributed by atoms with Gasteiger partial charge in [-0.15, -0.1) is 11.3 Å². The van der Waals surface area contributed by atoms with Crippen molar-refractivity contribution in [2.45, 2.75) is 32.8 Å². The lowest BCUT2D eigenvalue weighted by Gasteiger charge is -2.21. The van der Waals surface area contributed by atoms with Crippen LogP contribution in [0.2, 0.25) is 0 Å². The van der Waals surface area contributed by atoms with Gasteiger partial charge in [0.15, 0.2) is 0 Å². The van der Waals surface area contributed by atoms with E-state index < -0.39 is 5.60 Å². The highest BCUT2D eigenvalue weighted by Crippen LogP contribution is 2.28. The maximum Gasteiger partial charge on any atom is 0.147 e. The fraction of sp³-hybridized carbons (Fsp3) is 0.500. The van der Waals surface area contributed by atoms with Gasteiger partial charge in [-0.25, -0.2) is 9.97 Å². The number of hydrogen-bond donors (Lipinski definition) is 2. The highest BCUT2D eigenvalue weighted by molar-refractivity contribution is 7.18. The van der Waals surface area contributed by atoms with E-state index >= 15 is 0 Å². The van der Waals surface area contributed by atoms with E-state index in [9.17, 15) is 5.11 Å². The van der Waals surface area contributed by atoms with Crippen LogP contribution in [0.3, 0.4) is 0 Å². The number of aryl methyl sites for hydroxylation is 1. The summed E-state index contributed by atoms with van der Waals surface area (Å²) in [5.74, 6) is 0.807. The zero-order chi connectivity index (χ0) is 12.5. The first kappa shape index (κ1) is 12.3. The molecule has 2 rings (SSSR count). The summed E-state index contributed by atoms with van der Waals surface area (Å²) in [7, 11) is 0. The number of thiophene rings is 1. The standard InChI is InChI=1S/C12H17N3OS/c1-4-12(3,16)6-13-11-10-9(14-7-15-11)8(2)5-17-10/h5,7,16H,4,6H2,1-3H3,(H,13,14,15). The molecule has 1 unspecified atom stereocenters. The van der Waals surface area contributed by atoms with E-state index in [4.69, 9.17) is 0 Å². The largest absolute Gasteiger partial charge is 0.388 e. The van der Waals surface area contributed by atoms with Crippen molar-refractivity contribution < 1.29 is 5.11 Å². The quantitative estimate of drug-likeness (QED) is 0.877. The summed E-state index contributed by atoms with van der Waals surface area (Å²) >= 11 is 1.63. The monoisotopic (exact) mass is 251 g/mol. The second-order valence-corrected chi connectivity index (χ2v) is 5.40. The molecule has 0 fully saturated rings. The molecule has 92 valence electrons. The van der Waals surface area contributed by atoms with Crippen LogP contribution in [-0.4, -0.2) is 27.2 Å². The molecular formula is C12H17N3OS. The molecule has 2 N–H and O–H groups in total. The lowest BCUT2D eigenvalue weighted by atomic mass is 10.0. The molecule has 0 aliphatic heterocycles. The van der Waals surface area contributed by atoms with Gasteiger partial charge >= 0.3 is 0 Å². The van der Waals surface area contributed by atoms with Crippen molar-refractivity contribution in [3.05, 3.63) is 17.3 Å². The Bertz CT molecular complexity index is 521. The van der Waals surface area contributed by atoms with Gasteiger partial charge in [0, 0.05) is 6.54 Å². The minimum Gasteiger partial charge on any atom is -0.388 e. The Morgan fingerprint density at radius 1 is 1.47 bits per heavy atom. The summed E-state index contributed by atoms with van der Waals surface area (Å²) in [4.78, 5) is 8.50. The summed E-state index contributed by atoms with van der Waals surface area (Å²) in [6.07, 6.45) is 2.27. The van der Waals surface area contributed by atoms with Crippen LogP contribution in [0.5, 0.6) is 0 Å². The highest BCUT2D eigenvalue weighted by atomic mass is 32.1. The van der Waals surface area contributed by atoms with Crippen molar-refractivity contribution in [2.75, 3.05) is 11.9 Å². The molecule has 0 bridgehead atoms. The zero-order valence-corrected chi connectivity index (χ0v) is 11.1. The van der Waals surface area contributed by atoms with Crippen LogP contribution in [0.25, 0.3) is 10.2 Å². The van der Waals surface area contributed by atoms with Gasteiger partial charge in [0.25, 0.3) is 0 Å². The number of hydrogen-bond acceptors (Lipinski definition) is 5. The third-order valence-electron chi connectivity index (χ3n) is 2.93. The Labute approximate surface area is 105 Å². The third kappa shape index (κ3) is 2.56. The van der Waals surface area contributed by atoms with Gasteiger partial charge in [0.2, 0.25) is 0 Å². The van der Waals surface area contributed by atoms with Crippen LogP contribution in [0.1, 0.15) is 25.8 Å². The number of rotatable bonds is 4. The minimum absolute atomic E-state index is 0.493. The van der Waals surface area contributed by atoms with Crippen LogP contribution in [0.15, 0.2) is 11.7 Å². The normalized spacial score (nSPS) is 14.8. The van der Waals surface area contributed by atoms with Crippen molar-refractivity contribution in [1.29, 1.82) is 0 Å². The molecule has 4 nitrogen and oxygen atoms in total. The average molecular weight is 251 g/mol. The maximum absolute atomic E-state index is 9.96. The second kappa shape index (κ2) is 4.58. The van der Waals surface area contributed by atoms with Gasteiger partial charge in [0.1, 0.15) is 12.1 Å². The fourth-order valence-corrected chi connectivity index (χ4v) is 2.46. The molecule has 0 radical (unpaired) electrons. The Morgan fingerprint density at radius 2 is 2.24 bits per heavy atom. The molecule has 0 aromatic carbocycles. The number of fused-ring (bicyclic) bond motifs is 1. The molecule has 1 atom stereocenters. The first-order chi connectivity index (χ1) is 8.03. The second-order valence-electron chi connectivity index (χ2n) is 4.52. The minimum atomic E-state index is -0.705. The predicted octanol–water partition coefficient (Wildman–Crippen LogP) is 2.57. The predicted molar refractivity (Wildman–Crippen MR) is 71.6 cm³/mol. The lowest BCUT2D eigenvalue weighted by molar-refractivity contribution is 0.0697. The van der Waals surface area contributed by atoms with Gasteiger partial charge in [-0.1, -0.05) is 6.92 Å². The lowest BCUT2D eigenvalue weighted by Crippen LogP contribution is -2.32. The number of nitrogens with one attached hydrogen (secondary N) is 1. The van der Waals surface area contributed by atoms with Crippen LogP contribution in [-0.2, 0) is 0 Å². The smallest absolute Gasteiger partial charge is 0.147 e. The Hall–Kier alpha value is -1.20. The third-order valence-corrected chi connectivity index (χ3v) is 4.02. The van der Waals surface area contributed by atoms with E-state index in [1.807, 2.05) is 20.8 Å². The van der Waals surface area contributed by atoms with Crippen molar-refractivity contribution in [2.24, 2.45) is 0 Å². The van der Waals surface area contributed by atoms with E-state index in [1.54, 1.807) is 17.7 Å². The average Bonchev–Trinajstić information content (AvgIpc) is 2.70. The van der Waals surface area contributed by atoms with Crippen molar-refractivity contribution in [3.8, 4) is 0 Å².